The Morgan fingerprint density at radius 3 is 2.67 bits per heavy atom. The van der Waals surface area contributed by atoms with Gasteiger partial charge in [0.05, 0.1) is 5.54 Å². The number of hydrogen-bond donors (Lipinski definition) is 2. The average Bonchev–Trinajstić information content (AvgIpc) is 2.66. The van der Waals surface area contributed by atoms with E-state index in [2.05, 4.69) is 29.1 Å². The molecule has 0 bridgehead atoms. The van der Waals surface area contributed by atoms with Crippen LogP contribution < -0.4 is 11.1 Å². The van der Waals surface area contributed by atoms with Crippen molar-refractivity contribution in [1.82, 2.24) is 15.1 Å². The Bertz CT molecular complexity index is 311. The summed E-state index contributed by atoms with van der Waals surface area (Å²) in [5.74, 6) is -0.229. The summed E-state index contributed by atoms with van der Waals surface area (Å²) in [6.45, 7) is 10.8. The van der Waals surface area contributed by atoms with Gasteiger partial charge in [-0.25, -0.2) is 0 Å². The monoisotopic (exact) mass is 298 g/mol. The van der Waals surface area contributed by atoms with Crippen LogP contribution >= 0.6 is 0 Å². The third-order valence-corrected chi connectivity index (χ3v) is 4.52. The topological polar surface area (TPSA) is 61.6 Å². The second-order valence-electron chi connectivity index (χ2n) is 6.58. The first-order valence-corrected chi connectivity index (χ1v) is 8.44. The van der Waals surface area contributed by atoms with E-state index in [1.165, 1.54) is 19.5 Å². The maximum atomic E-state index is 11.6. The standard InChI is InChI=1S/C16H34N4O/c1-4-9-18-16(2,15(17)21)8-5-6-11-20-12-7-10-19(3)13-14-20/h18H,4-14H2,1-3H3,(H2,17,21). The number of primary amides is 1. The Kier molecular flexibility index (Phi) is 8.22. The van der Waals surface area contributed by atoms with Gasteiger partial charge in [-0.1, -0.05) is 6.92 Å². The predicted octanol–water partition coefficient (Wildman–Crippen LogP) is 1.04. The van der Waals surface area contributed by atoms with Crippen molar-refractivity contribution < 1.29 is 4.79 Å². The molecule has 0 spiro atoms. The number of amides is 1. The Morgan fingerprint density at radius 1 is 1.24 bits per heavy atom. The van der Waals surface area contributed by atoms with Crippen molar-refractivity contribution in [3.05, 3.63) is 0 Å². The number of carbonyl (C=O) groups is 1. The van der Waals surface area contributed by atoms with Gasteiger partial charge in [-0.15, -0.1) is 0 Å². The molecule has 0 radical (unpaired) electrons. The maximum absolute atomic E-state index is 11.6. The van der Waals surface area contributed by atoms with Crippen LogP contribution in [0.15, 0.2) is 0 Å². The van der Waals surface area contributed by atoms with Gasteiger partial charge < -0.3 is 20.9 Å². The van der Waals surface area contributed by atoms with Crippen LogP contribution in [0, 0.1) is 0 Å². The molecule has 1 fully saturated rings. The molecular weight excluding hydrogens is 264 g/mol. The van der Waals surface area contributed by atoms with E-state index >= 15 is 0 Å². The lowest BCUT2D eigenvalue weighted by atomic mass is 9.93. The molecular formula is C16H34N4O. The molecule has 0 saturated carbocycles. The highest BCUT2D eigenvalue weighted by Crippen LogP contribution is 2.14. The number of likely N-dealkylation sites (N-methyl/N-ethyl adjacent to an activating group) is 1. The van der Waals surface area contributed by atoms with Crippen LogP contribution in [0.1, 0.15) is 46.0 Å². The number of carbonyl (C=O) groups excluding carboxylic acids is 1. The van der Waals surface area contributed by atoms with E-state index in [-0.39, 0.29) is 5.91 Å². The van der Waals surface area contributed by atoms with Crippen LogP contribution in [-0.2, 0) is 4.79 Å². The van der Waals surface area contributed by atoms with Gasteiger partial charge in [0.2, 0.25) is 5.91 Å². The van der Waals surface area contributed by atoms with E-state index < -0.39 is 5.54 Å². The summed E-state index contributed by atoms with van der Waals surface area (Å²) in [6.07, 6.45) is 5.29. The van der Waals surface area contributed by atoms with Crippen LogP contribution in [0.3, 0.4) is 0 Å². The molecule has 3 N–H and O–H groups in total. The number of nitrogens with zero attached hydrogens (tertiary/aromatic N) is 2. The van der Waals surface area contributed by atoms with Crippen molar-refractivity contribution in [3.63, 3.8) is 0 Å². The van der Waals surface area contributed by atoms with Gasteiger partial charge in [-0.3, -0.25) is 4.79 Å². The minimum Gasteiger partial charge on any atom is -0.368 e. The molecule has 1 rings (SSSR count). The number of rotatable bonds is 9. The van der Waals surface area contributed by atoms with E-state index in [0.29, 0.717) is 0 Å². The van der Waals surface area contributed by atoms with Gasteiger partial charge in [-0.05, 0) is 72.3 Å². The molecule has 1 unspecified atom stereocenters. The van der Waals surface area contributed by atoms with E-state index in [1.54, 1.807) is 0 Å². The van der Waals surface area contributed by atoms with E-state index in [1.807, 2.05) is 6.92 Å². The van der Waals surface area contributed by atoms with Crippen molar-refractivity contribution in [1.29, 1.82) is 0 Å². The molecule has 0 aromatic rings. The van der Waals surface area contributed by atoms with Gasteiger partial charge in [-0.2, -0.15) is 0 Å². The molecule has 1 aliphatic heterocycles. The molecule has 1 atom stereocenters. The zero-order valence-corrected chi connectivity index (χ0v) is 14.2. The Balaban J connectivity index is 2.26. The number of nitrogens with two attached hydrogens (primary N) is 1. The van der Waals surface area contributed by atoms with Gasteiger partial charge in [0.1, 0.15) is 0 Å². The third-order valence-electron chi connectivity index (χ3n) is 4.52. The van der Waals surface area contributed by atoms with Gasteiger partial charge in [0, 0.05) is 13.1 Å². The highest BCUT2D eigenvalue weighted by molar-refractivity contribution is 5.84. The van der Waals surface area contributed by atoms with Crippen molar-refractivity contribution >= 4 is 5.91 Å². The molecule has 21 heavy (non-hydrogen) atoms. The SMILES string of the molecule is CCCNC(C)(CCCCN1CCCN(C)CC1)C(N)=O. The lowest BCUT2D eigenvalue weighted by Gasteiger charge is -2.28. The minimum atomic E-state index is -0.547. The first-order valence-electron chi connectivity index (χ1n) is 8.44. The molecule has 124 valence electrons. The normalized spacial score (nSPS) is 20.9. The van der Waals surface area contributed by atoms with Crippen molar-refractivity contribution in [2.24, 2.45) is 5.73 Å². The summed E-state index contributed by atoms with van der Waals surface area (Å²) in [4.78, 5) is 16.6. The summed E-state index contributed by atoms with van der Waals surface area (Å²) in [7, 11) is 2.20. The van der Waals surface area contributed by atoms with Crippen LogP contribution in [0.4, 0.5) is 0 Å². The second kappa shape index (κ2) is 9.38. The average molecular weight is 298 g/mol. The summed E-state index contributed by atoms with van der Waals surface area (Å²) in [5, 5.41) is 3.30. The molecule has 0 aromatic carbocycles. The third kappa shape index (κ3) is 6.76. The largest absolute Gasteiger partial charge is 0.368 e. The summed E-state index contributed by atoms with van der Waals surface area (Å²) in [6, 6.07) is 0. The van der Waals surface area contributed by atoms with Crippen LogP contribution in [0.5, 0.6) is 0 Å². The van der Waals surface area contributed by atoms with Crippen molar-refractivity contribution in [3.8, 4) is 0 Å². The molecule has 5 heteroatoms. The molecule has 1 amide bonds. The van der Waals surface area contributed by atoms with E-state index in [9.17, 15) is 4.79 Å². The number of hydrogen-bond acceptors (Lipinski definition) is 4. The van der Waals surface area contributed by atoms with Gasteiger partial charge in [0.15, 0.2) is 0 Å². The van der Waals surface area contributed by atoms with Crippen LogP contribution in [0.2, 0.25) is 0 Å². The smallest absolute Gasteiger partial charge is 0.237 e. The maximum Gasteiger partial charge on any atom is 0.237 e. The molecule has 0 aromatic heterocycles. The van der Waals surface area contributed by atoms with Crippen LogP contribution in [0.25, 0.3) is 0 Å². The molecule has 1 aliphatic rings. The minimum absolute atomic E-state index is 0.229. The fourth-order valence-electron chi connectivity index (χ4n) is 2.84. The first kappa shape index (κ1) is 18.4. The van der Waals surface area contributed by atoms with Crippen molar-refractivity contribution in [2.75, 3.05) is 46.3 Å². The number of unbranched alkanes of at least 4 members (excludes halogenated alkanes) is 1. The lowest BCUT2D eigenvalue weighted by Crippen LogP contribution is -2.53. The zero-order chi connectivity index (χ0) is 15.7. The highest BCUT2D eigenvalue weighted by atomic mass is 16.1. The fourth-order valence-corrected chi connectivity index (χ4v) is 2.84. The summed E-state index contributed by atoms with van der Waals surface area (Å²) < 4.78 is 0. The summed E-state index contributed by atoms with van der Waals surface area (Å²) in [5.41, 5.74) is 5.01. The Morgan fingerprint density at radius 2 is 2.00 bits per heavy atom. The first-order chi connectivity index (χ1) is 9.98. The van der Waals surface area contributed by atoms with E-state index in [4.69, 9.17) is 5.73 Å². The van der Waals surface area contributed by atoms with Gasteiger partial charge >= 0.3 is 0 Å². The number of nitrogens with one attached hydrogen (secondary N) is 1. The predicted molar refractivity (Wildman–Crippen MR) is 88.3 cm³/mol. The second-order valence-corrected chi connectivity index (χ2v) is 6.58. The molecule has 0 aliphatic carbocycles. The zero-order valence-electron chi connectivity index (χ0n) is 14.2. The molecule has 5 nitrogen and oxygen atoms in total. The van der Waals surface area contributed by atoms with E-state index in [0.717, 1.165) is 51.9 Å². The lowest BCUT2D eigenvalue weighted by molar-refractivity contribution is -0.124. The Labute approximate surface area is 130 Å². The summed E-state index contributed by atoms with van der Waals surface area (Å²) >= 11 is 0. The fraction of sp³-hybridized carbons (Fsp3) is 0.938. The van der Waals surface area contributed by atoms with Crippen LogP contribution in [-0.4, -0.2) is 67.6 Å². The van der Waals surface area contributed by atoms with Gasteiger partial charge in [0.25, 0.3) is 0 Å². The quantitative estimate of drug-likeness (QED) is 0.624. The highest BCUT2D eigenvalue weighted by Gasteiger charge is 2.29. The van der Waals surface area contributed by atoms with Crippen molar-refractivity contribution in [2.45, 2.75) is 51.5 Å². The molecule has 1 saturated heterocycles. The molecule has 1 heterocycles. The Hall–Kier alpha value is -0.650.